The normalized spacial score (nSPS) is 21.7. The van der Waals surface area contributed by atoms with E-state index in [0.29, 0.717) is 17.9 Å². The molecule has 0 spiro atoms. The number of aromatic nitrogens is 3. The van der Waals surface area contributed by atoms with Crippen LogP contribution in [-0.4, -0.2) is 41.1 Å². The van der Waals surface area contributed by atoms with E-state index in [2.05, 4.69) is 50.8 Å². The van der Waals surface area contributed by atoms with Gasteiger partial charge in [0.05, 0.1) is 5.39 Å². The number of hydrogen-bond acceptors (Lipinski definition) is 6. The quantitative estimate of drug-likeness (QED) is 0.797. The fourth-order valence-corrected chi connectivity index (χ4v) is 2.89. The molecule has 1 aliphatic heterocycles. The van der Waals surface area contributed by atoms with Gasteiger partial charge in [-0.1, -0.05) is 6.92 Å². The van der Waals surface area contributed by atoms with E-state index in [1.165, 1.54) is 0 Å². The van der Waals surface area contributed by atoms with E-state index in [1.54, 1.807) is 0 Å². The molecule has 6 heteroatoms. The van der Waals surface area contributed by atoms with Crippen LogP contribution in [0.25, 0.3) is 11.0 Å². The maximum atomic E-state index is 4.61. The van der Waals surface area contributed by atoms with Gasteiger partial charge in [0.2, 0.25) is 5.95 Å². The van der Waals surface area contributed by atoms with Crippen LogP contribution in [-0.2, 0) is 0 Å². The number of nitrogens with zero attached hydrogens (tertiary/aromatic N) is 3. The van der Waals surface area contributed by atoms with E-state index < -0.39 is 0 Å². The number of hydrogen-bond donors (Lipinski definition) is 3. The van der Waals surface area contributed by atoms with Crippen molar-refractivity contribution in [2.75, 3.05) is 30.8 Å². The van der Waals surface area contributed by atoms with Gasteiger partial charge in [0.25, 0.3) is 0 Å². The highest BCUT2D eigenvalue weighted by molar-refractivity contribution is 5.90. The summed E-state index contributed by atoms with van der Waals surface area (Å²) in [5.41, 5.74) is 2.86. The van der Waals surface area contributed by atoms with Crippen molar-refractivity contribution in [3.8, 4) is 0 Å². The van der Waals surface area contributed by atoms with Gasteiger partial charge >= 0.3 is 0 Å². The molecular formula is C15H22N6. The van der Waals surface area contributed by atoms with Crippen LogP contribution < -0.4 is 16.0 Å². The number of anilines is 2. The van der Waals surface area contributed by atoms with Gasteiger partial charge in [-0.15, -0.1) is 0 Å². The largest absolute Gasteiger partial charge is 0.372 e. The highest BCUT2D eigenvalue weighted by Gasteiger charge is 2.24. The zero-order valence-electron chi connectivity index (χ0n) is 13.0. The van der Waals surface area contributed by atoms with E-state index in [-0.39, 0.29) is 0 Å². The Labute approximate surface area is 124 Å². The summed E-state index contributed by atoms with van der Waals surface area (Å²) in [7, 11) is 1.88. The first kappa shape index (κ1) is 14.0. The van der Waals surface area contributed by atoms with Crippen molar-refractivity contribution in [1.29, 1.82) is 0 Å². The zero-order valence-corrected chi connectivity index (χ0v) is 13.0. The molecule has 3 N–H and O–H groups in total. The summed E-state index contributed by atoms with van der Waals surface area (Å²) in [6.45, 7) is 8.25. The van der Waals surface area contributed by atoms with E-state index >= 15 is 0 Å². The third-order valence-electron chi connectivity index (χ3n) is 4.06. The molecule has 2 atom stereocenters. The van der Waals surface area contributed by atoms with Gasteiger partial charge in [-0.2, -0.15) is 9.97 Å². The summed E-state index contributed by atoms with van der Waals surface area (Å²) in [4.78, 5) is 13.8. The average molecular weight is 286 g/mol. The average Bonchev–Trinajstić information content (AvgIpc) is 2.82. The summed E-state index contributed by atoms with van der Waals surface area (Å²) in [5.74, 6) is 2.03. The molecule has 0 bridgehead atoms. The number of rotatable bonds is 3. The molecule has 0 aromatic carbocycles. The summed E-state index contributed by atoms with van der Waals surface area (Å²) in [5, 5.41) is 11.0. The first-order valence-corrected chi connectivity index (χ1v) is 7.39. The maximum Gasteiger partial charge on any atom is 0.227 e. The molecule has 1 fully saturated rings. The van der Waals surface area contributed by atoms with E-state index in [4.69, 9.17) is 0 Å². The molecule has 1 aliphatic rings. The van der Waals surface area contributed by atoms with Crippen LogP contribution in [0.15, 0.2) is 6.07 Å². The lowest BCUT2D eigenvalue weighted by Crippen LogP contribution is -2.28. The van der Waals surface area contributed by atoms with Crippen molar-refractivity contribution in [3.63, 3.8) is 0 Å². The highest BCUT2D eigenvalue weighted by Crippen LogP contribution is 2.25. The predicted molar refractivity (Wildman–Crippen MR) is 85.8 cm³/mol. The summed E-state index contributed by atoms with van der Waals surface area (Å²) < 4.78 is 0. The van der Waals surface area contributed by atoms with Crippen molar-refractivity contribution in [2.45, 2.75) is 26.8 Å². The van der Waals surface area contributed by atoms with Crippen LogP contribution in [0.3, 0.4) is 0 Å². The Morgan fingerprint density at radius 3 is 2.67 bits per heavy atom. The second-order valence-electron chi connectivity index (χ2n) is 5.81. The molecule has 2 aromatic rings. The lowest BCUT2D eigenvalue weighted by atomic mass is 10.1. The monoisotopic (exact) mass is 286 g/mol. The van der Waals surface area contributed by atoms with Gasteiger partial charge in [0.1, 0.15) is 5.82 Å². The smallest absolute Gasteiger partial charge is 0.227 e. The second kappa shape index (κ2) is 5.44. The zero-order chi connectivity index (χ0) is 15.0. The fraction of sp³-hybridized carbons (Fsp3) is 0.533. The summed E-state index contributed by atoms with van der Waals surface area (Å²) >= 11 is 0. The number of nitrogens with one attached hydrogen (secondary N) is 3. The molecule has 0 amide bonds. The molecule has 0 radical (unpaired) electrons. The molecule has 3 rings (SSSR count). The van der Waals surface area contributed by atoms with Gasteiger partial charge in [-0.05, 0) is 37.9 Å². The lowest BCUT2D eigenvalue weighted by Gasteiger charge is -2.17. The van der Waals surface area contributed by atoms with Crippen LogP contribution in [0.1, 0.15) is 18.2 Å². The Morgan fingerprint density at radius 2 is 2.00 bits per heavy atom. The highest BCUT2D eigenvalue weighted by atomic mass is 15.2. The Morgan fingerprint density at radius 1 is 1.19 bits per heavy atom. The first-order valence-electron chi connectivity index (χ1n) is 7.39. The van der Waals surface area contributed by atoms with Crippen molar-refractivity contribution in [2.24, 2.45) is 5.92 Å². The molecule has 1 saturated heterocycles. The minimum Gasteiger partial charge on any atom is -0.372 e. The topological polar surface area (TPSA) is 74.8 Å². The number of pyridine rings is 1. The van der Waals surface area contributed by atoms with Gasteiger partial charge in [0, 0.05) is 25.3 Å². The first-order chi connectivity index (χ1) is 10.1. The fourth-order valence-electron chi connectivity index (χ4n) is 2.89. The van der Waals surface area contributed by atoms with Crippen LogP contribution in [0.2, 0.25) is 0 Å². The number of fused-ring (bicyclic) bond motifs is 1. The van der Waals surface area contributed by atoms with E-state index in [1.807, 2.05) is 14.0 Å². The Balaban J connectivity index is 2.04. The molecule has 3 heterocycles. The molecule has 112 valence electrons. The molecule has 0 unspecified atom stereocenters. The molecule has 21 heavy (non-hydrogen) atoms. The van der Waals surface area contributed by atoms with Crippen molar-refractivity contribution in [1.82, 2.24) is 20.3 Å². The van der Waals surface area contributed by atoms with Crippen LogP contribution in [0, 0.1) is 19.8 Å². The van der Waals surface area contributed by atoms with Crippen LogP contribution in [0.5, 0.6) is 0 Å². The second-order valence-corrected chi connectivity index (χ2v) is 5.81. The molecule has 0 saturated carbocycles. The van der Waals surface area contributed by atoms with Crippen molar-refractivity contribution in [3.05, 3.63) is 17.3 Å². The standard InChI is InChI=1S/C15H22N6/c1-8-5-10(3)18-14-12(8)13(16-4)20-15(21-14)19-11-7-17-6-9(11)2/h5,9,11,17H,6-7H2,1-4H3,(H2,16,18,19,20,21)/t9-,11-/m0/s1. The minimum absolute atomic E-state index is 0.359. The van der Waals surface area contributed by atoms with Crippen LogP contribution >= 0.6 is 0 Å². The Kier molecular flexibility index (Phi) is 3.63. The lowest BCUT2D eigenvalue weighted by molar-refractivity contribution is 0.591. The molecule has 2 aromatic heterocycles. The molecule has 6 nitrogen and oxygen atoms in total. The predicted octanol–water partition coefficient (Wildman–Crippen LogP) is 1.70. The summed E-state index contributed by atoms with van der Waals surface area (Å²) in [6.07, 6.45) is 0. The minimum atomic E-state index is 0.359. The third kappa shape index (κ3) is 2.63. The summed E-state index contributed by atoms with van der Waals surface area (Å²) in [6, 6.07) is 2.42. The maximum absolute atomic E-state index is 4.61. The van der Waals surface area contributed by atoms with Crippen molar-refractivity contribution >= 4 is 22.8 Å². The molecule has 0 aliphatic carbocycles. The van der Waals surface area contributed by atoms with Gasteiger partial charge in [-0.3, -0.25) is 0 Å². The number of aryl methyl sites for hydroxylation is 2. The van der Waals surface area contributed by atoms with Gasteiger partial charge < -0.3 is 16.0 Å². The van der Waals surface area contributed by atoms with E-state index in [9.17, 15) is 0 Å². The third-order valence-corrected chi connectivity index (χ3v) is 4.06. The Bertz CT molecular complexity index is 669. The van der Waals surface area contributed by atoms with Gasteiger partial charge in [-0.25, -0.2) is 4.98 Å². The van der Waals surface area contributed by atoms with E-state index in [0.717, 1.165) is 41.2 Å². The van der Waals surface area contributed by atoms with Crippen molar-refractivity contribution < 1.29 is 0 Å². The molecular weight excluding hydrogens is 264 g/mol. The Hall–Kier alpha value is -1.95. The SMILES string of the molecule is CNc1nc(N[C@H]2CNC[C@@H]2C)nc2nc(C)cc(C)c12. The van der Waals surface area contributed by atoms with Gasteiger partial charge in [0.15, 0.2) is 5.65 Å². The van der Waals surface area contributed by atoms with Crippen LogP contribution in [0.4, 0.5) is 11.8 Å².